The number of hydrogen-bond acceptors (Lipinski definition) is 3. The van der Waals surface area contributed by atoms with Gasteiger partial charge in [0.05, 0.1) is 25.1 Å². The van der Waals surface area contributed by atoms with Crippen LogP contribution in [0.3, 0.4) is 0 Å². The van der Waals surface area contributed by atoms with Gasteiger partial charge >= 0.3 is 0 Å². The van der Waals surface area contributed by atoms with Crippen LogP contribution in [0, 0.1) is 0 Å². The summed E-state index contributed by atoms with van der Waals surface area (Å²) in [7, 11) is 3.61. The molecule has 4 nitrogen and oxygen atoms in total. The topological polar surface area (TPSA) is 47.3 Å². The third kappa shape index (κ3) is 2.21. The molecule has 4 heteroatoms. The van der Waals surface area contributed by atoms with Crippen LogP contribution in [0.5, 0.6) is 5.75 Å². The predicted octanol–water partition coefficient (Wildman–Crippen LogP) is 1.84. The molecule has 2 unspecified atom stereocenters. The van der Waals surface area contributed by atoms with E-state index >= 15 is 0 Å². The van der Waals surface area contributed by atoms with Gasteiger partial charge in [-0.25, -0.2) is 0 Å². The summed E-state index contributed by atoms with van der Waals surface area (Å²) in [6.07, 6.45) is 6.76. The highest BCUT2D eigenvalue weighted by atomic mass is 16.5. The Balaban J connectivity index is 2.23. The molecule has 2 rings (SSSR count). The molecule has 0 saturated heterocycles. The van der Waals surface area contributed by atoms with E-state index in [1.54, 1.807) is 13.3 Å². The second kappa shape index (κ2) is 4.87. The lowest BCUT2D eigenvalue weighted by molar-refractivity contribution is 0.150. The number of methoxy groups -OCH3 is 1. The van der Waals surface area contributed by atoms with Crippen LogP contribution < -0.4 is 4.74 Å². The Hall–Kier alpha value is -1.03. The molecule has 1 saturated carbocycles. The fraction of sp³-hybridized carbons (Fsp3) is 0.750. The van der Waals surface area contributed by atoms with Crippen LogP contribution in [-0.2, 0) is 7.05 Å². The number of aliphatic hydroxyl groups is 1. The maximum absolute atomic E-state index is 9.84. The van der Waals surface area contributed by atoms with Crippen molar-refractivity contribution in [2.75, 3.05) is 7.11 Å². The van der Waals surface area contributed by atoms with Crippen LogP contribution in [0.4, 0.5) is 0 Å². The Morgan fingerprint density at radius 2 is 2.19 bits per heavy atom. The molecule has 0 aliphatic heterocycles. The van der Waals surface area contributed by atoms with E-state index < -0.39 is 0 Å². The van der Waals surface area contributed by atoms with Gasteiger partial charge in [0.15, 0.2) is 5.75 Å². The van der Waals surface area contributed by atoms with Crippen molar-refractivity contribution in [2.45, 2.75) is 44.1 Å². The molecule has 90 valence electrons. The number of hydrogen-bond donors (Lipinski definition) is 1. The third-order valence-corrected chi connectivity index (χ3v) is 3.45. The van der Waals surface area contributed by atoms with Gasteiger partial charge in [-0.05, 0) is 19.3 Å². The molecular weight excluding hydrogens is 204 g/mol. The van der Waals surface area contributed by atoms with Gasteiger partial charge in [0.2, 0.25) is 0 Å². The first-order valence-corrected chi connectivity index (χ1v) is 5.96. The molecule has 0 aromatic carbocycles. The monoisotopic (exact) mass is 224 g/mol. The fourth-order valence-corrected chi connectivity index (χ4v) is 2.63. The minimum Gasteiger partial charge on any atom is -0.493 e. The van der Waals surface area contributed by atoms with Gasteiger partial charge in [0.1, 0.15) is 0 Å². The van der Waals surface area contributed by atoms with Gasteiger partial charge in [-0.1, -0.05) is 12.8 Å². The first kappa shape index (κ1) is 11.5. The van der Waals surface area contributed by atoms with E-state index in [0.717, 1.165) is 37.1 Å². The van der Waals surface area contributed by atoms with Crippen LogP contribution >= 0.6 is 0 Å². The van der Waals surface area contributed by atoms with E-state index in [4.69, 9.17) is 4.74 Å². The average Bonchev–Trinajstić information content (AvgIpc) is 2.50. The molecule has 0 radical (unpaired) electrons. The van der Waals surface area contributed by atoms with Gasteiger partial charge in [0.25, 0.3) is 0 Å². The van der Waals surface area contributed by atoms with Crippen LogP contribution in [0.1, 0.15) is 43.7 Å². The van der Waals surface area contributed by atoms with Crippen LogP contribution in [-0.4, -0.2) is 28.1 Å². The third-order valence-electron chi connectivity index (χ3n) is 3.45. The number of aliphatic hydroxyl groups excluding tert-OH is 1. The molecule has 1 aliphatic rings. The average molecular weight is 224 g/mol. The first-order chi connectivity index (χ1) is 7.72. The Bertz CT molecular complexity index is 349. The molecule has 0 bridgehead atoms. The number of aryl methyl sites for hydroxylation is 1. The van der Waals surface area contributed by atoms with Crippen molar-refractivity contribution in [3.8, 4) is 5.75 Å². The molecular formula is C12H20N2O2. The lowest BCUT2D eigenvalue weighted by Crippen LogP contribution is -2.13. The molecule has 1 aromatic heterocycles. The molecule has 0 spiro atoms. The maximum Gasteiger partial charge on any atom is 0.160 e. The zero-order valence-corrected chi connectivity index (χ0v) is 10.0. The van der Waals surface area contributed by atoms with E-state index in [1.807, 2.05) is 11.7 Å². The lowest BCUT2D eigenvalue weighted by Gasteiger charge is -2.18. The highest BCUT2D eigenvalue weighted by molar-refractivity contribution is 5.28. The minimum absolute atomic E-state index is 0.174. The predicted molar refractivity (Wildman–Crippen MR) is 61.6 cm³/mol. The molecule has 1 aromatic rings. The second-order valence-corrected chi connectivity index (χ2v) is 4.59. The molecule has 1 N–H and O–H groups in total. The summed E-state index contributed by atoms with van der Waals surface area (Å²) >= 11 is 0. The largest absolute Gasteiger partial charge is 0.493 e. The van der Waals surface area contributed by atoms with Gasteiger partial charge in [-0.15, -0.1) is 0 Å². The van der Waals surface area contributed by atoms with Gasteiger partial charge in [-0.3, -0.25) is 4.68 Å². The van der Waals surface area contributed by atoms with Crippen molar-refractivity contribution < 1.29 is 9.84 Å². The number of rotatable bonds is 2. The summed E-state index contributed by atoms with van der Waals surface area (Å²) in [5.74, 6) is 1.22. The maximum atomic E-state index is 9.84. The van der Waals surface area contributed by atoms with Gasteiger partial charge in [-0.2, -0.15) is 5.10 Å². The normalized spacial score (nSPS) is 26.4. The quantitative estimate of drug-likeness (QED) is 0.780. The Morgan fingerprint density at radius 1 is 1.44 bits per heavy atom. The molecule has 16 heavy (non-hydrogen) atoms. The SMILES string of the molecule is COc1cnn(C)c1C1CCCCC(O)C1. The molecule has 0 amide bonds. The Labute approximate surface area is 96.2 Å². The summed E-state index contributed by atoms with van der Waals surface area (Å²) in [6, 6.07) is 0. The van der Waals surface area contributed by atoms with E-state index in [0.29, 0.717) is 5.92 Å². The summed E-state index contributed by atoms with van der Waals surface area (Å²) < 4.78 is 7.21. The summed E-state index contributed by atoms with van der Waals surface area (Å²) in [5.41, 5.74) is 1.13. The number of nitrogens with zero attached hydrogens (tertiary/aromatic N) is 2. The lowest BCUT2D eigenvalue weighted by atomic mass is 9.95. The fourth-order valence-electron chi connectivity index (χ4n) is 2.63. The van der Waals surface area contributed by atoms with E-state index in [9.17, 15) is 5.11 Å². The van der Waals surface area contributed by atoms with Gasteiger partial charge in [0, 0.05) is 13.0 Å². The first-order valence-electron chi connectivity index (χ1n) is 5.96. The summed E-state index contributed by atoms with van der Waals surface area (Å²) in [6.45, 7) is 0. The molecule has 1 heterocycles. The molecule has 1 fully saturated rings. The summed E-state index contributed by atoms with van der Waals surface area (Å²) in [5, 5.41) is 14.1. The zero-order valence-electron chi connectivity index (χ0n) is 10.0. The van der Waals surface area contributed by atoms with Crippen molar-refractivity contribution in [1.29, 1.82) is 0 Å². The smallest absolute Gasteiger partial charge is 0.160 e. The second-order valence-electron chi connectivity index (χ2n) is 4.59. The van der Waals surface area contributed by atoms with E-state index in [1.165, 1.54) is 6.42 Å². The van der Waals surface area contributed by atoms with Crippen LogP contribution in [0.25, 0.3) is 0 Å². The standard InChI is InChI=1S/C12H20N2O2/c1-14-12(11(16-2)8-13-14)9-5-3-4-6-10(15)7-9/h8-10,15H,3-7H2,1-2H3. The van der Waals surface area contributed by atoms with Crippen molar-refractivity contribution in [3.05, 3.63) is 11.9 Å². The highest BCUT2D eigenvalue weighted by Crippen LogP contribution is 2.36. The Morgan fingerprint density at radius 3 is 2.94 bits per heavy atom. The van der Waals surface area contributed by atoms with Crippen LogP contribution in [0.2, 0.25) is 0 Å². The van der Waals surface area contributed by atoms with Crippen molar-refractivity contribution >= 4 is 0 Å². The number of ether oxygens (including phenoxy) is 1. The zero-order chi connectivity index (χ0) is 11.5. The molecule has 2 atom stereocenters. The van der Waals surface area contributed by atoms with Crippen molar-refractivity contribution in [1.82, 2.24) is 9.78 Å². The van der Waals surface area contributed by atoms with Crippen LogP contribution in [0.15, 0.2) is 6.20 Å². The highest BCUT2D eigenvalue weighted by Gasteiger charge is 2.25. The molecule has 1 aliphatic carbocycles. The number of aromatic nitrogens is 2. The van der Waals surface area contributed by atoms with E-state index in [-0.39, 0.29) is 6.10 Å². The minimum atomic E-state index is -0.174. The summed E-state index contributed by atoms with van der Waals surface area (Å²) in [4.78, 5) is 0. The van der Waals surface area contributed by atoms with Gasteiger partial charge < -0.3 is 9.84 Å². The Kier molecular flexibility index (Phi) is 3.49. The van der Waals surface area contributed by atoms with Crippen molar-refractivity contribution in [3.63, 3.8) is 0 Å². The van der Waals surface area contributed by atoms with E-state index in [2.05, 4.69) is 5.10 Å². The van der Waals surface area contributed by atoms with Crippen molar-refractivity contribution in [2.24, 2.45) is 7.05 Å².